The number of methoxy groups -OCH3 is 2. The smallest absolute Gasteiger partial charge is 0.229 e. The Hall–Kier alpha value is -2.74. The van der Waals surface area contributed by atoms with Gasteiger partial charge in [-0.05, 0) is 6.07 Å². The highest BCUT2D eigenvalue weighted by atomic mass is 16.5. The number of ether oxygens (including phenoxy) is 2. The maximum absolute atomic E-state index is 12.7. The summed E-state index contributed by atoms with van der Waals surface area (Å²) in [5, 5.41) is 2.92. The molecule has 1 aliphatic heterocycles. The first-order valence-corrected chi connectivity index (χ1v) is 8.02. The fourth-order valence-corrected chi connectivity index (χ4v) is 3.00. The van der Waals surface area contributed by atoms with Crippen LogP contribution in [-0.4, -0.2) is 54.8 Å². The number of nitrogens with zero attached hydrogens (tertiary/aromatic N) is 4. The molecule has 0 radical (unpaired) electrons. The van der Waals surface area contributed by atoms with Gasteiger partial charge in [-0.15, -0.1) is 0 Å². The number of anilines is 2. The number of rotatable bonds is 6. The molecule has 1 fully saturated rings. The van der Waals surface area contributed by atoms with E-state index in [4.69, 9.17) is 9.47 Å². The number of pyridine rings is 1. The van der Waals surface area contributed by atoms with Crippen molar-refractivity contribution in [2.24, 2.45) is 11.8 Å². The minimum atomic E-state index is -0.205. The molecule has 1 aliphatic rings. The van der Waals surface area contributed by atoms with Gasteiger partial charge in [-0.25, -0.2) is 9.97 Å². The van der Waals surface area contributed by atoms with Crippen molar-refractivity contribution >= 4 is 17.4 Å². The topological polar surface area (TPSA) is 89.5 Å². The third-order valence-electron chi connectivity index (χ3n) is 4.25. The van der Waals surface area contributed by atoms with Gasteiger partial charge in [0.05, 0.1) is 37.7 Å². The Kier molecular flexibility index (Phi) is 5.39. The van der Waals surface area contributed by atoms with E-state index in [1.807, 2.05) is 0 Å². The molecular formula is C17H21N5O3. The van der Waals surface area contributed by atoms with Gasteiger partial charge in [0.25, 0.3) is 0 Å². The molecule has 2 aromatic heterocycles. The van der Waals surface area contributed by atoms with Gasteiger partial charge in [-0.2, -0.15) is 0 Å². The predicted octanol–water partition coefficient (Wildman–Crippen LogP) is 1.22. The normalized spacial score (nSPS) is 19.7. The number of carbonyl (C=O) groups excluding carboxylic acids is 1. The van der Waals surface area contributed by atoms with Gasteiger partial charge in [0.2, 0.25) is 11.8 Å². The Morgan fingerprint density at radius 1 is 1.24 bits per heavy atom. The molecule has 2 atom stereocenters. The average molecular weight is 343 g/mol. The van der Waals surface area contributed by atoms with Gasteiger partial charge >= 0.3 is 0 Å². The molecule has 0 aliphatic carbocycles. The number of aromatic nitrogens is 3. The Balaban J connectivity index is 1.70. The summed E-state index contributed by atoms with van der Waals surface area (Å²) >= 11 is 0. The van der Waals surface area contributed by atoms with E-state index in [-0.39, 0.29) is 17.7 Å². The van der Waals surface area contributed by atoms with Gasteiger partial charge in [-0.3, -0.25) is 9.78 Å². The van der Waals surface area contributed by atoms with Crippen molar-refractivity contribution < 1.29 is 14.3 Å². The lowest BCUT2D eigenvalue weighted by Crippen LogP contribution is -2.31. The Labute approximate surface area is 146 Å². The summed E-state index contributed by atoms with van der Waals surface area (Å²) in [7, 11) is 3.20. The predicted molar refractivity (Wildman–Crippen MR) is 92.5 cm³/mol. The van der Waals surface area contributed by atoms with Crippen molar-refractivity contribution in [2.75, 3.05) is 44.1 Å². The van der Waals surface area contributed by atoms with Crippen molar-refractivity contribution in [3.63, 3.8) is 0 Å². The van der Waals surface area contributed by atoms with Gasteiger partial charge < -0.3 is 19.7 Å². The fourth-order valence-electron chi connectivity index (χ4n) is 3.00. The van der Waals surface area contributed by atoms with Crippen LogP contribution in [0.1, 0.15) is 0 Å². The summed E-state index contributed by atoms with van der Waals surface area (Å²) < 4.78 is 10.3. The summed E-state index contributed by atoms with van der Waals surface area (Å²) in [6, 6.07) is 3.48. The van der Waals surface area contributed by atoms with Gasteiger partial charge in [0.1, 0.15) is 5.82 Å². The molecular weight excluding hydrogens is 322 g/mol. The molecule has 1 amide bonds. The molecule has 0 saturated carbocycles. The molecule has 132 valence electrons. The summed E-state index contributed by atoms with van der Waals surface area (Å²) in [6.45, 7) is 1.78. The van der Waals surface area contributed by atoms with Gasteiger partial charge in [-0.1, -0.05) is 0 Å². The summed E-state index contributed by atoms with van der Waals surface area (Å²) in [5.41, 5.74) is 0.639. The summed E-state index contributed by atoms with van der Waals surface area (Å²) in [5.74, 6) is 1.10. The second kappa shape index (κ2) is 7.89. The Bertz CT molecular complexity index is 695. The molecule has 0 aromatic carbocycles. The van der Waals surface area contributed by atoms with Crippen molar-refractivity contribution in [2.45, 2.75) is 0 Å². The van der Waals surface area contributed by atoms with Crippen LogP contribution in [0.2, 0.25) is 0 Å². The zero-order valence-corrected chi connectivity index (χ0v) is 14.3. The maximum Gasteiger partial charge on any atom is 0.229 e. The first kappa shape index (κ1) is 17.1. The Morgan fingerprint density at radius 3 is 2.76 bits per heavy atom. The molecule has 3 heterocycles. The fraction of sp³-hybridized carbons (Fsp3) is 0.412. The molecule has 2 aromatic rings. The molecule has 0 bridgehead atoms. The highest BCUT2D eigenvalue weighted by molar-refractivity contribution is 5.93. The van der Waals surface area contributed by atoms with Crippen LogP contribution in [0.5, 0.6) is 5.88 Å². The minimum Gasteiger partial charge on any atom is -0.481 e. The summed E-state index contributed by atoms with van der Waals surface area (Å²) in [4.78, 5) is 27.3. The number of carbonyl (C=O) groups is 1. The zero-order chi connectivity index (χ0) is 17.6. The first-order valence-electron chi connectivity index (χ1n) is 8.02. The monoisotopic (exact) mass is 343 g/mol. The van der Waals surface area contributed by atoms with Crippen molar-refractivity contribution in [1.82, 2.24) is 15.0 Å². The van der Waals surface area contributed by atoms with E-state index in [2.05, 4.69) is 25.2 Å². The standard InChI is InChI=1S/C17H21N5O3/c1-24-11-12-9-22(15-8-18-5-6-19-15)10-14(12)17(23)21-13-3-4-16(25-2)20-7-13/h3-8,12,14H,9-11H2,1-2H3,(H,21,23)/t12-,14+/m0/s1. The molecule has 25 heavy (non-hydrogen) atoms. The van der Waals surface area contributed by atoms with Crippen LogP contribution in [-0.2, 0) is 9.53 Å². The molecule has 1 saturated heterocycles. The second-order valence-electron chi connectivity index (χ2n) is 5.87. The highest BCUT2D eigenvalue weighted by Gasteiger charge is 2.38. The van der Waals surface area contributed by atoms with E-state index in [9.17, 15) is 4.79 Å². The van der Waals surface area contributed by atoms with E-state index in [0.29, 0.717) is 31.3 Å². The zero-order valence-electron chi connectivity index (χ0n) is 14.3. The minimum absolute atomic E-state index is 0.0552. The average Bonchev–Trinajstić information content (AvgIpc) is 3.07. The molecule has 1 N–H and O–H groups in total. The number of hydrogen-bond donors (Lipinski definition) is 1. The lowest BCUT2D eigenvalue weighted by molar-refractivity contribution is -0.120. The van der Waals surface area contributed by atoms with E-state index in [0.717, 1.165) is 5.82 Å². The van der Waals surface area contributed by atoms with Crippen LogP contribution < -0.4 is 15.0 Å². The van der Waals surface area contributed by atoms with Crippen LogP contribution in [0.3, 0.4) is 0 Å². The largest absolute Gasteiger partial charge is 0.481 e. The van der Waals surface area contributed by atoms with Crippen molar-refractivity contribution in [1.29, 1.82) is 0 Å². The van der Waals surface area contributed by atoms with E-state index >= 15 is 0 Å². The number of hydrogen-bond acceptors (Lipinski definition) is 7. The molecule has 8 nitrogen and oxygen atoms in total. The first-order chi connectivity index (χ1) is 12.2. The molecule has 0 spiro atoms. The van der Waals surface area contributed by atoms with Crippen LogP contribution in [0.25, 0.3) is 0 Å². The molecule has 8 heteroatoms. The Morgan fingerprint density at radius 2 is 2.12 bits per heavy atom. The third-order valence-corrected chi connectivity index (χ3v) is 4.25. The van der Waals surface area contributed by atoms with Crippen LogP contribution in [0.15, 0.2) is 36.9 Å². The van der Waals surface area contributed by atoms with Crippen molar-refractivity contribution in [3.05, 3.63) is 36.9 Å². The van der Waals surface area contributed by atoms with Crippen LogP contribution >= 0.6 is 0 Å². The van der Waals surface area contributed by atoms with E-state index in [1.165, 1.54) is 0 Å². The third kappa shape index (κ3) is 4.03. The quantitative estimate of drug-likeness (QED) is 0.843. The molecule has 0 unspecified atom stereocenters. The second-order valence-corrected chi connectivity index (χ2v) is 5.87. The SMILES string of the molecule is COC[C@@H]1CN(c2cnccn2)C[C@H]1C(=O)Nc1ccc(OC)nc1. The summed E-state index contributed by atoms with van der Waals surface area (Å²) in [6.07, 6.45) is 6.57. The van der Waals surface area contributed by atoms with Gasteiger partial charge in [0.15, 0.2) is 0 Å². The van der Waals surface area contributed by atoms with Gasteiger partial charge in [0, 0.05) is 44.6 Å². The van der Waals surface area contributed by atoms with E-state index in [1.54, 1.807) is 51.1 Å². The van der Waals surface area contributed by atoms with E-state index < -0.39 is 0 Å². The lowest BCUT2D eigenvalue weighted by atomic mass is 9.96. The lowest BCUT2D eigenvalue weighted by Gasteiger charge is -2.16. The highest BCUT2D eigenvalue weighted by Crippen LogP contribution is 2.28. The molecule has 3 rings (SSSR count). The maximum atomic E-state index is 12.7. The van der Waals surface area contributed by atoms with Crippen LogP contribution in [0.4, 0.5) is 11.5 Å². The number of amides is 1. The van der Waals surface area contributed by atoms with Crippen LogP contribution in [0, 0.1) is 11.8 Å². The van der Waals surface area contributed by atoms with Crippen molar-refractivity contribution in [3.8, 4) is 5.88 Å². The number of nitrogens with one attached hydrogen (secondary N) is 1.